The first-order valence-corrected chi connectivity index (χ1v) is 7.06. The number of amides is 1. The lowest BCUT2D eigenvalue weighted by Crippen LogP contribution is -2.47. The zero-order chi connectivity index (χ0) is 14.2. The third kappa shape index (κ3) is 6.97. The molecule has 0 fully saturated rings. The van der Waals surface area contributed by atoms with E-state index in [9.17, 15) is 9.90 Å². The van der Waals surface area contributed by atoms with E-state index in [2.05, 4.69) is 24.5 Å². The highest BCUT2D eigenvalue weighted by Crippen LogP contribution is 2.12. The second-order valence-corrected chi connectivity index (χ2v) is 5.56. The monoisotopic (exact) mass is 258 g/mol. The lowest BCUT2D eigenvalue weighted by atomic mass is 9.96. The second-order valence-electron chi connectivity index (χ2n) is 5.56. The van der Waals surface area contributed by atoms with Crippen LogP contribution in [0.25, 0.3) is 0 Å². The molecule has 0 bridgehead atoms. The van der Waals surface area contributed by atoms with Crippen LogP contribution in [0, 0.1) is 5.92 Å². The molecule has 4 heteroatoms. The molecule has 0 heterocycles. The molecule has 1 amide bonds. The minimum Gasteiger partial charge on any atom is -0.392 e. The smallest absolute Gasteiger partial charge is 0.234 e. The summed E-state index contributed by atoms with van der Waals surface area (Å²) in [5, 5.41) is 15.9. The lowest BCUT2D eigenvalue weighted by molar-refractivity contribution is -0.121. The summed E-state index contributed by atoms with van der Waals surface area (Å²) in [6.45, 7) is 11.0. The summed E-state index contributed by atoms with van der Waals surface area (Å²) in [4.78, 5) is 11.7. The van der Waals surface area contributed by atoms with Crippen LogP contribution in [0.1, 0.15) is 53.9 Å². The molecular weight excluding hydrogens is 228 g/mol. The van der Waals surface area contributed by atoms with Gasteiger partial charge in [-0.15, -0.1) is 0 Å². The summed E-state index contributed by atoms with van der Waals surface area (Å²) in [6.07, 6.45) is 2.46. The predicted molar refractivity (Wildman–Crippen MR) is 75.5 cm³/mol. The van der Waals surface area contributed by atoms with Crippen LogP contribution >= 0.6 is 0 Å². The van der Waals surface area contributed by atoms with E-state index < -0.39 is 0 Å². The standard InChI is InChI=1S/C14H30N2O2/c1-6-11(7-2)12(17)9-15-10-13(18)16-14(4,5)8-3/h11-12,15,17H,6-10H2,1-5H3,(H,16,18). The van der Waals surface area contributed by atoms with Crippen molar-refractivity contribution in [1.82, 2.24) is 10.6 Å². The summed E-state index contributed by atoms with van der Waals surface area (Å²) < 4.78 is 0. The molecule has 0 rings (SSSR count). The summed E-state index contributed by atoms with van der Waals surface area (Å²) in [5.74, 6) is 0.297. The number of aliphatic hydroxyl groups is 1. The minimum absolute atomic E-state index is 0.0152. The summed E-state index contributed by atoms with van der Waals surface area (Å²) in [6, 6.07) is 0. The third-order valence-corrected chi connectivity index (χ3v) is 3.59. The minimum atomic E-state index is -0.369. The molecule has 0 aromatic heterocycles. The van der Waals surface area contributed by atoms with Gasteiger partial charge in [-0.25, -0.2) is 0 Å². The van der Waals surface area contributed by atoms with E-state index in [1.165, 1.54) is 0 Å². The van der Waals surface area contributed by atoms with Crippen LogP contribution in [0.3, 0.4) is 0 Å². The SMILES string of the molecule is CCC(CC)C(O)CNCC(=O)NC(C)(C)CC. The van der Waals surface area contributed by atoms with Crippen LogP contribution in [0.15, 0.2) is 0 Å². The normalized spacial score (nSPS) is 13.7. The Hall–Kier alpha value is -0.610. The first kappa shape index (κ1) is 17.4. The van der Waals surface area contributed by atoms with E-state index >= 15 is 0 Å². The van der Waals surface area contributed by atoms with Gasteiger partial charge in [-0.1, -0.05) is 33.6 Å². The van der Waals surface area contributed by atoms with Gasteiger partial charge in [-0.05, 0) is 26.2 Å². The summed E-state index contributed by atoms with van der Waals surface area (Å²) >= 11 is 0. The molecule has 0 spiro atoms. The van der Waals surface area contributed by atoms with Gasteiger partial charge in [0.2, 0.25) is 5.91 Å². The number of rotatable bonds is 9. The largest absolute Gasteiger partial charge is 0.392 e. The Balaban J connectivity index is 3.87. The maximum absolute atomic E-state index is 11.7. The number of aliphatic hydroxyl groups excluding tert-OH is 1. The first-order chi connectivity index (χ1) is 8.36. The fourth-order valence-electron chi connectivity index (χ4n) is 1.84. The van der Waals surface area contributed by atoms with Crippen LogP contribution in [0.2, 0.25) is 0 Å². The van der Waals surface area contributed by atoms with Crippen molar-refractivity contribution in [3.05, 3.63) is 0 Å². The molecule has 18 heavy (non-hydrogen) atoms. The fourth-order valence-corrected chi connectivity index (χ4v) is 1.84. The van der Waals surface area contributed by atoms with Gasteiger partial charge < -0.3 is 15.7 Å². The maximum Gasteiger partial charge on any atom is 0.234 e. The van der Waals surface area contributed by atoms with E-state index in [1.54, 1.807) is 0 Å². The topological polar surface area (TPSA) is 61.4 Å². The Bertz CT molecular complexity index is 238. The zero-order valence-corrected chi connectivity index (χ0v) is 12.5. The molecule has 1 unspecified atom stereocenters. The van der Waals surface area contributed by atoms with E-state index in [0.29, 0.717) is 12.5 Å². The number of carbonyl (C=O) groups is 1. The molecule has 0 saturated carbocycles. The van der Waals surface area contributed by atoms with E-state index in [4.69, 9.17) is 0 Å². The number of hydrogen-bond acceptors (Lipinski definition) is 3. The van der Waals surface area contributed by atoms with Crippen LogP contribution in [-0.4, -0.2) is 35.7 Å². The molecule has 3 N–H and O–H groups in total. The average Bonchev–Trinajstić information content (AvgIpc) is 2.30. The van der Waals surface area contributed by atoms with Crippen LogP contribution in [0.5, 0.6) is 0 Å². The van der Waals surface area contributed by atoms with Crippen LogP contribution in [-0.2, 0) is 4.79 Å². The Morgan fingerprint density at radius 3 is 2.22 bits per heavy atom. The lowest BCUT2D eigenvalue weighted by Gasteiger charge is -2.25. The van der Waals surface area contributed by atoms with Gasteiger partial charge in [0.1, 0.15) is 0 Å². The Morgan fingerprint density at radius 2 is 1.78 bits per heavy atom. The second kappa shape index (κ2) is 8.48. The zero-order valence-electron chi connectivity index (χ0n) is 12.5. The highest BCUT2D eigenvalue weighted by Gasteiger charge is 2.18. The van der Waals surface area contributed by atoms with Crippen molar-refractivity contribution in [3.8, 4) is 0 Å². The van der Waals surface area contributed by atoms with Crippen LogP contribution < -0.4 is 10.6 Å². The quantitative estimate of drug-likeness (QED) is 0.589. The average molecular weight is 258 g/mol. The van der Waals surface area contributed by atoms with Gasteiger partial charge in [0.15, 0.2) is 0 Å². The van der Waals surface area contributed by atoms with Crippen molar-refractivity contribution in [1.29, 1.82) is 0 Å². The Labute approximate surface area is 112 Å². The fraction of sp³-hybridized carbons (Fsp3) is 0.929. The van der Waals surface area contributed by atoms with Gasteiger partial charge in [0.05, 0.1) is 12.6 Å². The Morgan fingerprint density at radius 1 is 1.22 bits per heavy atom. The number of nitrogens with one attached hydrogen (secondary N) is 2. The third-order valence-electron chi connectivity index (χ3n) is 3.59. The molecule has 0 aromatic rings. The van der Waals surface area contributed by atoms with Crippen molar-refractivity contribution < 1.29 is 9.90 Å². The van der Waals surface area contributed by atoms with Crippen molar-refractivity contribution in [2.45, 2.75) is 65.5 Å². The molecule has 0 aliphatic carbocycles. The number of carbonyl (C=O) groups excluding carboxylic acids is 1. The highest BCUT2D eigenvalue weighted by atomic mass is 16.3. The molecule has 4 nitrogen and oxygen atoms in total. The molecule has 0 aromatic carbocycles. The summed E-state index contributed by atoms with van der Waals surface area (Å²) in [7, 11) is 0. The van der Waals surface area contributed by atoms with E-state index in [0.717, 1.165) is 19.3 Å². The van der Waals surface area contributed by atoms with Gasteiger partial charge in [0, 0.05) is 12.1 Å². The molecule has 1 atom stereocenters. The predicted octanol–water partition coefficient (Wildman–Crippen LogP) is 1.68. The molecule has 0 radical (unpaired) electrons. The van der Waals surface area contributed by atoms with Gasteiger partial charge in [0.25, 0.3) is 0 Å². The van der Waals surface area contributed by atoms with Crippen LogP contribution in [0.4, 0.5) is 0 Å². The molecule has 0 aliphatic heterocycles. The number of hydrogen-bond donors (Lipinski definition) is 3. The highest BCUT2D eigenvalue weighted by molar-refractivity contribution is 5.78. The van der Waals surface area contributed by atoms with Crippen molar-refractivity contribution in [2.24, 2.45) is 5.92 Å². The maximum atomic E-state index is 11.7. The Kier molecular flexibility index (Phi) is 8.20. The first-order valence-electron chi connectivity index (χ1n) is 7.06. The van der Waals surface area contributed by atoms with E-state index in [1.807, 2.05) is 20.8 Å². The van der Waals surface area contributed by atoms with Gasteiger partial charge >= 0.3 is 0 Å². The van der Waals surface area contributed by atoms with Crippen molar-refractivity contribution >= 4 is 5.91 Å². The van der Waals surface area contributed by atoms with Crippen molar-refractivity contribution in [3.63, 3.8) is 0 Å². The van der Waals surface area contributed by atoms with Gasteiger partial charge in [-0.3, -0.25) is 4.79 Å². The molecule has 108 valence electrons. The van der Waals surface area contributed by atoms with E-state index in [-0.39, 0.29) is 24.1 Å². The molecule has 0 aliphatic rings. The summed E-state index contributed by atoms with van der Waals surface area (Å²) in [5.41, 5.74) is -0.160. The molecule has 0 saturated heterocycles. The van der Waals surface area contributed by atoms with Gasteiger partial charge in [-0.2, -0.15) is 0 Å². The molecular formula is C14H30N2O2. The van der Waals surface area contributed by atoms with Crippen molar-refractivity contribution in [2.75, 3.05) is 13.1 Å².